The van der Waals surface area contributed by atoms with Crippen molar-refractivity contribution in [2.24, 2.45) is 11.3 Å². The summed E-state index contributed by atoms with van der Waals surface area (Å²) in [5, 5.41) is 3.23. The number of hydrogen-bond acceptors (Lipinski definition) is 0. The zero-order valence-corrected chi connectivity index (χ0v) is 18.4. The van der Waals surface area contributed by atoms with Gasteiger partial charge in [0.1, 0.15) is 8.07 Å². The van der Waals surface area contributed by atoms with Crippen molar-refractivity contribution >= 4 is 18.4 Å². The van der Waals surface area contributed by atoms with Gasteiger partial charge in [-0.1, -0.05) is 110 Å². The molecule has 1 aliphatic carbocycles. The van der Waals surface area contributed by atoms with Crippen molar-refractivity contribution in [2.45, 2.75) is 52.1 Å². The van der Waals surface area contributed by atoms with E-state index in [1.807, 2.05) is 0 Å². The topological polar surface area (TPSA) is 0 Å². The maximum atomic E-state index is 2.57. The Bertz CT molecular complexity index is 824. The van der Waals surface area contributed by atoms with E-state index in [0.717, 1.165) is 5.54 Å². The van der Waals surface area contributed by atoms with Gasteiger partial charge in [-0.05, 0) is 48.3 Å². The highest BCUT2D eigenvalue weighted by molar-refractivity contribution is 7.07. The largest absolute Gasteiger partial charge is 0.129 e. The minimum atomic E-state index is -1.87. The monoisotopic (exact) mass is 372 g/mol. The molecule has 0 bridgehead atoms. The molecule has 140 valence electrons. The van der Waals surface area contributed by atoms with E-state index in [0.29, 0.717) is 16.9 Å². The summed E-state index contributed by atoms with van der Waals surface area (Å²) in [5.74, 6) is 0.710. The van der Waals surface area contributed by atoms with Crippen molar-refractivity contribution in [3.8, 4) is 0 Å². The first kappa shape index (κ1) is 18.5. The van der Waals surface area contributed by atoms with Crippen molar-refractivity contribution in [3.05, 3.63) is 84.0 Å². The van der Waals surface area contributed by atoms with Crippen molar-refractivity contribution in [1.82, 2.24) is 0 Å². The summed E-state index contributed by atoms with van der Waals surface area (Å²) in [4.78, 5) is 0. The fraction of sp³-hybridized carbons (Fsp3) is 0.385. The Labute approximate surface area is 166 Å². The smallest absolute Gasteiger partial charge is 0.0825 e. The summed E-state index contributed by atoms with van der Waals surface area (Å²) >= 11 is 0. The van der Waals surface area contributed by atoms with E-state index in [4.69, 9.17) is 0 Å². The molecule has 3 atom stereocenters. The van der Waals surface area contributed by atoms with Crippen LogP contribution in [0.5, 0.6) is 0 Å². The predicted octanol–water partition coefficient (Wildman–Crippen LogP) is 5.96. The van der Waals surface area contributed by atoms with Crippen LogP contribution in [0.3, 0.4) is 0 Å². The molecule has 1 heteroatoms. The molecule has 4 rings (SSSR count). The minimum Gasteiger partial charge on any atom is -0.0825 e. The lowest BCUT2D eigenvalue weighted by Crippen LogP contribution is -2.74. The number of allylic oxidation sites excluding steroid dienone is 4. The Balaban J connectivity index is 1.94. The van der Waals surface area contributed by atoms with E-state index < -0.39 is 8.07 Å². The number of benzene rings is 2. The molecule has 0 N–H and O–H groups in total. The van der Waals surface area contributed by atoms with E-state index in [2.05, 4.69) is 107 Å². The Morgan fingerprint density at radius 1 is 0.852 bits per heavy atom. The highest BCUT2D eigenvalue weighted by atomic mass is 28.3. The Morgan fingerprint density at radius 2 is 1.37 bits per heavy atom. The van der Waals surface area contributed by atoms with Crippen LogP contribution < -0.4 is 10.4 Å². The molecule has 0 nitrogen and oxygen atoms in total. The van der Waals surface area contributed by atoms with Crippen LogP contribution in [0.2, 0.25) is 11.1 Å². The van der Waals surface area contributed by atoms with Crippen LogP contribution in [-0.2, 0) is 0 Å². The quantitative estimate of drug-likeness (QED) is 0.583. The lowest BCUT2D eigenvalue weighted by Gasteiger charge is -2.60. The summed E-state index contributed by atoms with van der Waals surface area (Å²) in [5.41, 5.74) is 4.91. The SMILES string of the molecule is CC(C)=C1C=C[C@@H]2[C@H]1[C@@H](CC(C)(C)C)[Si]2(c1ccccc1)c1ccccc1. The van der Waals surface area contributed by atoms with Crippen molar-refractivity contribution in [1.29, 1.82) is 0 Å². The first-order valence-corrected chi connectivity index (χ1v) is 12.5. The van der Waals surface area contributed by atoms with Crippen LogP contribution in [0.15, 0.2) is 84.0 Å². The zero-order chi connectivity index (χ0) is 19.2. The van der Waals surface area contributed by atoms with E-state index >= 15 is 0 Å². The molecule has 2 aromatic carbocycles. The van der Waals surface area contributed by atoms with E-state index in [1.54, 1.807) is 15.9 Å². The summed E-state index contributed by atoms with van der Waals surface area (Å²) in [6.45, 7) is 11.8. The standard InChI is InChI=1S/C26H32Si/c1-19(2)22-16-17-23-25(22)24(18-26(3,4)5)27(23,20-12-8-6-9-13-20)21-14-10-7-11-15-21/h6-17,23-25H,18H2,1-5H3/t23-,24-,25+/m1/s1. The molecule has 0 saturated carbocycles. The molecule has 0 unspecified atom stereocenters. The Hall–Kier alpha value is -1.86. The first-order chi connectivity index (χ1) is 12.9. The van der Waals surface area contributed by atoms with Gasteiger partial charge in [-0.2, -0.15) is 0 Å². The van der Waals surface area contributed by atoms with Crippen LogP contribution in [0, 0.1) is 11.3 Å². The summed E-state index contributed by atoms with van der Waals surface area (Å²) in [7, 11) is -1.87. The van der Waals surface area contributed by atoms with E-state index in [1.165, 1.54) is 12.0 Å². The molecular weight excluding hydrogens is 340 g/mol. The molecule has 1 aliphatic heterocycles. The van der Waals surface area contributed by atoms with Gasteiger partial charge in [0.15, 0.2) is 0 Å². The number of fused-ring (bicyclic) bond motifs is 1. The van der Waals surface area contributed by atoms with Gasteiger partial charge in [0, 0.05) is 0 Å². The lowest BCUT2D eigenvalue weighted by molar-refractivity contribution is 0.312. The van der Waals surface area contributed by atoms with Gasteiger partial charge in [0.05, 0.1) is 0 Å². The van der Waals surface area contributed by atoms with Gasteiger partial charge in [0.2, 0.25) is 0 Å². The molecular formula is C26H32Si. The average molecular weight is 373 g/mol. The van der Waals surface area contributed by atoms with Gasteiger partial charge in [-0.3, -0.25) is 0 Å². The molecule has 27 heavy (non-hydrogen) atoms. The van der Waals surface area contributed by atoms with E-state index in [9.17, 15) is 0 Å². The normalized spacial score (nSPS) is 25.8. The third-order valence-electron chi connectivity index (χ3n) is 6.69. The molecule has 0 amide bonds. The second-order valence-corrected chi connectivity index (χ2v) is 14.1. The molecule has 0 spiro atoms. The lowest BCUT2D eigenvalue weighted by atomic mass is 9.82. The first-order valence-electron chi connectivity index (χ1n) is 10.3. The highest BCUT2D eigenvalue weighted by Crippen LogP contribution is 2.65. The van der Waals surface area contributed by atoms with Gasteiger partial charge in [-0.25, -0.2) is 0 Å². The second kappa shape index (κ2) is 6.63. The molecule has 1 heterocycles. The fourth-order valence-corrected chi connectivity index (χ4v) is 12.7. The third kappa shape index (κ3) is 2.88. The number of hydrogen-bond donors (Lipinski definition) is 0. The van der Waals surface area contributed by atoms with Gasteiger partial charge in [0.25, 0.3) is 0 Å². The van der Waals surface area contributed by atoms with Crippen LogP contribution in [-0.4, -0.2) is 8.07 Å². The van der Waals surface area contributed by atoms with Crippen LogP contribution in [0.1, 0.15) is 41.0 Å². The van der Waals surface area contributed by atoms with Crippen molar-refractivity contribution in [2.75, 3.05) is 0 Å². The summed E-state index contributed by atoms with van der Waals surface area (Å²) in [6, 6.07) is 23.0. The molecule has 2 aromatic rings. The van der Waals surface area contributed by atoms with Crippen molar-refractivity contribution in [3.63, 3.8) is 0 Å². The van der Waals surface area contributed by atoms with E-state index in [-0.39, 0.29) is 0 Å². The van der Waals surface area contributed by atoms with Crippen LogP contribution in [0.25, 0.3) is 0 Å². The highest BCUT2D eigenvalue weighted by Gasteiger charge is 2.66. The van der Waals surface area contributed by atoms with Gasteiger partial charge < -0.3 is 0 Å². The zero-order valence-electron chi connectivity index (χ0n) is 17.4. The fourth-order valence-electron chi connectivity index (χ4n) is 5.80. The molecule has 1 saturated heterocycles. The maximum absolute atomic E-state index is 2.57. The summed E-state index contributed by atoms with van der Waals surface area (Å²) < 4.78 is 0. The maximum Gasteiger partial charge on any atom is 0.129 e. The predicted molar refractivity (Wildman–Crippen MR) is 120 cm³/mol. The number of rotatable bonds is 3. The third-order valence-corrected chi connectivity index (χ3v) is 12.6. The molecule has 2 aliphatic rings. The second-order valence-electron chi connectivity index (χ2n) is 9.84. The average Bonchev–Trinajstić information content (AvgIpc) is 3.03. The van der Waals surface area contributed by atoms with Gasteiger partial charge in [-0.15, -0.1) is 0 Å². The van der Waals surface area contributed by atoms with Crippen LogP contribution >= 0.6 is 0 Å². The van der Waals surface area contributed by atoms with Gasteiger partial charge >= 0.3 is 0 Å². The van der Waals surface area contributed by atoms with Crippen LogP contribution in [0.4, 0.5) is 0 Å². The summed E-state index contributed by atoms with van der Waals surface area (Å²) in [6.07, 6.45) is 6.32. The molecule has 0 radical (unpaired) electrons. The molecule has 1 fully saturated rings. The van der Waals surface area contributed by atoms with Crippen molar-refractivity contribution < 1.29 is 0 Å². The minimum absolute atomic E-state index is 0.340. The Morgan fingerprint density at radius 3 is 1.81 bits per heavy atom. The molecule has 0 aromatic heterocycles. The Kier molecular flexibility index (Phi) is 4.54.